The number of carbonyl (C=O) groups is 1. The fourth-order valence-corrected chi connectivity index (χ4v) is 5.60. The number of hydrogen-bond acceptors (Lipinski definition) is 8. The van der Waals surface area contributed by atoms with E-state index in [-0.39, 0.29) is 22.9 Å². The molecule has 10 nitrogen and oxygen atoms in total. The zero-order chi connectivity index (χ0) is 27.7. The van der Waals surface area contributed by atoms with Gasteiger partial charge in [-0.2, -0.15) is 19.0 Å². The number of aromatic nitrogens is 5. The minimum absolute atomic E-state index is 0.0854. The van der Waals surface area contributed by atoms with Crippen molar-refractivity contribution in [3.05, 3.63) is 53.9 Å². The zero-order valence-corrected chi connectivity index (χ0v) is 23.2. The first-order valence-electron chi connectivity index (χ1n) is 12.0. The first-order valence-corrected chi connectivity index (χ1v) is 16.6. The van der Waals surface area contributed by atoms with E-state index < -0.39 is 20.7 Å². The molecule has 0 atom stereocenters. The predicted octanol–water partition coefficient (Wildman–Crippen LogP) is 6.16. The Balaban J connectivity index is 1.58. The summed E-state index contributed by atoms with van der Waals surface area (Å²) in [5.41, 5.74) is 2.22. The normalized spacial score (nSPS) is 12.1. The Hall–Kier alpha value is -3.88. The smallest absolute Gasteiger partial charge is 0.387 e. The van der Waals surface area contributed by atoms with Gasteiger partial charge in [0.15, 0.2) is 5.65 Å². The van der Waals surface area contributed by atoms with Gasteiger partial charge < -0.3 is 19.9 Å². The van der Waals surface area contributed by atoms with Crippen molar-refractivity contribution in [2.24, 2.45) is 0 Å². The number of halogens is 2. The van der Waals surface area contributed by atoms with Gasteiger partial charge in [0.05, 0.1) is 18.1 Å². The molecule has 0 unspecified atom stereocenters. The van der Waals surface area contributed by atoms with Crippen LogP contribution in [0.2, 0.25) is 25.7 Å². The summed E-state index contributed by atoms with van der Waals surface area (Å²) < 4.78 is 41.4. The van der Waals surface area contributed by atoms with E-state index in [1.54, 1.807) is 46.1 Å². The topological polar surface area (TPSA) is 116 Å². The number of alkyl halides is 2. The van der Waals surface area contributed by atoms with E-state index in [0.29, 0.717) is 39.4 Å². The number of nitrogens with one attached hydrogen (secondary N) is 1. The molecule has 204 valence electrons. The number of aromatic carboxylic acids is 1. The second-order valence-corrected chi connectivity index (χ2v) is 16.7. The second kappa shape index (κ2) is 10.7. The number of nitrogens with zero attached hydrogens (tertiary/aromatic N) is 5. The van der Waals surface area contributed by atoms with Crippen molar-refractivity contribution in [1.82, 2.24) is 24.4 Å². The molecule has 0 radical (unpaired) electrons. The minimum atomic E-state index is -3.09. The summed E-state index contributed by atoms with van der Waals surface area (Å²) in [6.45, 7) is 4.42. The van der Waals surface area contributed by atoms with Gasteiger partial charge in [0, 0.05) is 37.3 Å². The largest absolute Gasteiger partial charge is 0.477 e. The lowest BCUT2D eigenvalue weighted by Crippen LogP contribution is -2.22. The minimum Gasteiger partial charge on any atom is -0.477 e. The Morgan fingerprint density at radius 2 is 2.05 bits per heavy atom. The molecular formula is C25H26F2N6O4SSi. The Kier molecular flexibility index (Phi) is 7.33. The summed E-state index contributed by atoms with van der Waals surface area (Å²) in [5.74, 6) is -1.23. The van der Waals surface area contributed by atoms with Crippen molar-refractivity contribution in [2.75, 3.05) is 11.9 Å². The summed E-state index contributed by atoms with van der Waals surface area (Å²) in [6, 6.07) is 7.18. The van der Waals surface area contributed by atoms with Crippen LogP contribution in [0.5, 0.6) is 5.75 Å². The van der Waals surface area contributed by atoms with Crippen LogP contribution < -0.4 is 10.1 Å². The maximum Gasteiger partial charge on any atom is 0.387 e. The molecule has 4 heterocycles. The van der Waals surface area contributed by atoms with E-state index in [4.69, 9.17) is 9.47 Å². The van der Waals surface area contributed by atoms with Crippen LogP contribution in [0.15, 0.2) is 49.1 Å². The lowest BCUT2D eigenvalue weighted by Gasteiger charge is -2.15. The molecule has 0 bridgehead atoms. The van der Waals surface area contributed by atoms with Crippen molar-refractivity contribution in [3.8, 4) is 17.0 Å². The number of ether oxygens (including phenoxy) is 2. The Bertz CT molecular complexity index is 1640. The Morgan fingerprint density at radius 3 is 2.79 bits per heavy atom. The number of rotatable bonds is 11. The predicted molar refractivity (Wildman–Crippen MR) is 147 cm³/mol. The first-order chi connectivity index (χ1) is 18.6. The van der Waals surface area contributed by atoms with E-state index in [1.807, 2.05) is 0 Å². The molecule has 0 saturated carbocycles. The summed E-state index contributed by atoms with van der Waals surface area (Å²) in [7, 11) is -1.29. The van der Waals surface area contributed by atoms with Crippen LogP contribution >= 0.6 is 11.3 Å². The highest BCUT2D eigenvalue weighted by Crippen LogP contribution is 2.41. The number of anilines is 2. The molecule has 2 N–H and O–H groups in total. The van der Waals surface area contributed by atoms with Crippen molar-refractivity contribution >= 4 is 52.5 Å². The van der Waals surface area contributed by atoms with E-state index in [9.17, 15) is 18.7 Å². The standard InChI is InChI=1S/C25H26F2N6O4SSi/c1-39(2,3)8-7-36-14-32-13-18(30-17-12-29-33-6-4-5-28-23(17)33)22(31-32)16-11-20-15(9-19(16)37-25(26)27)10-21(38-20)24(34)35/h4-6,9-13,25,30H,7-8,14H2,1-3H3,(H,34,35). The maximum atomic E-state index is 13.4. The second-order valence-electron chi connectivity index (χ2n) is 10.0. The molecule has 0 aliphatic heterocycles. The molecule has 0 aliphatic rings. The monoisotopic (exact) mass is 572 g/mol. The number of hydrogen-bond donors (Lipinski definition) is 2. The van der Waals surface area contributed by atoms with Gasteiger partial charge in [-0.3, -0.25) is 0 Å². The maximum absolute atomic E-state index is 13.4. The summed E-state index contributed by atoms with van der Waals surface area (Å²) >= 11 is 1.04. The van der Waals surface area contributed by atoms with E-state index >= 15 is 0 Å². The zero-order valence-electron chi connectivity index (χ0n) is 21.4. The van der Waals surface area contributed by atoms with E-state index in [2.05, 4.69) is 40.1 Å². The van der Waals surface area contributed by atoms with Gasteiger partial charge in [0.2, 0.25) is 0 Å². The third-order valence-electron chi connectivity index (χ3n) is 5.83. The molecule has 0 amide bonds. The van der Waals surface area contributed by atoms with Crippen LogP contribution in [0, 0.1) is 0 Å². The van der Waals surface area contributed by atoms with Gasteiger partial charge in [0.25, 0.3) is 0 Å². The van der Waals surface area contributed by atoms with Crippen molar-refractivity contribution < 1.29 is 28.2 Å². The van der Waals surface area contributed by atoms with Gasteiger partial charge in [-0.15, -0.1) is 11.3 Å². The molecule has 0 spiro atoms. The third kappa shape index (κ3) is 6.07. The highest BCUT2D eigenvalue weighted by molar-refractivity contribution is 7.20. The molecule has 14 heteroatoms. The summed E-state index contributed by atoms with van der Waals surface area (Å²) in [6.07, 6.45) is 6.71. The van der Waals surface area contributed by atoms with Crippen LogP contribution in [0.25, 0.3) is 27.0 Å². The highest BCUT2D eigenvalue weighted by Gasteiger charge is 2.22. The summed E-state index contributed by atoms with van der Waals surface area (Å²) in [4.78, 5) is 16.0. The molecule has 5 aromatic rings. The summed E-state index contributed by atoms with van der Waals surface area (Å²) in [5, 5.41) is 22.1. The van der Waals surface area contributed by atoms with Gasteiger partial charge in [-0.25, -0.2) is 19.0 Å². The number of thiophene rings is 1. The van der Waals surface area contributed by atoms with Crippen LogP contribution in [0.4, 0.5) is 20.2 Å². The first kappa shape index (κ1) is 26.7. The average Bonchev–Trinajstić information content (AvgIpc) is 3.58. The Morgan fingerprint density at radius 1 is 1.23 bits per heavy atom. The molecule has 5 rings (SSSR count). The van der Waals surface area contributed by atoms with Gasteiger partial charge >= 0.3 is 12.6 Å². The lowest BCUT2D eigenvalue weighted by molar-refractivity contribution is -0.0493. The number of fused-ring (bicyclic) bond motifs is 2. The van der Waals surface area contributed by atoms with E-state index in [1.165, 1.54) is 12.1 Å². The highest BCUT2D eigenvalue weighted by atomic mass is 32.1. The van der Waals surface area contributed by atoms with Crippen molar-refractivity contribution in [1.29, 1.82) is 0 Å². The van der Waals surface area contributed by atoms with Crippen molar-refractivity contribution in [3.63, 3.8) is 0 Å². The van der Waals surface area contributed by atoms with Gasteiger partial charge in [-0.1, -0.05) is 19.6 Å². The molecule has 39 heavy (non-hydrogen) atoms. The average molecular weight is 573 g/mol. The van der Waals surface area contributed by atoms with Crippen molar-refractivity contribution in [2.45, 2.75) is 39.0 Å². The van der Waals surface area contributed by atoms with Crippen LogP contribution in [-0.2, 0) is 11.5 Å². The molecule has 0 saturated heterocycles. The van der Waals surface area contributed by atoms with E-state index in [0.717, 1.165) is 17.4 Å². The Labute approximate surface area is 226 Å². The van der Waals surface area contributed by atoms with Crippen LogP contribution in [0.3, 0.4) is 0 Å². The molecule has 4 aromatic heterocycles. The van der Waals surface area contributed by atoms with Gasteiger partial charge in [-0.05, 0) is 35.7 Å². The number of carboxylic acids is 1. The molecular weight excluding hydrogens is 546 g/mol. The van der Waals surface area contributed by atoms with Crippen LogP contribution in [0.1, 0.15) is 9.67 Å². The SMILES string of the molecule is C[Si](C)(C)CCOCn1cc(Nc2cnn3cccnc23)c(-c2cc3sc(C(=O)O)cc3cc2OC(F)F)n1. The third-order valence-corrected chi connectivity index (χ3v) is 8.62. The number of benzene rings is 1. The molecule has 0 aliphatic carbocycles. The van der Waals surface area contributed by atoms with Crippen LogP contribution in [-0.4, -0.2) is 56.7 Å². The molecule has 0 fully saturated rings. The number of carboxylic acid groups (broad SMARTS) is 1. The fourth-order valence-electron chi connectivity index (χ4n) is 3.92. The quantitative estimate of drug-likeness (QED) is 0.143. The van der Waals surface area contributed by atoms with Gasteiger partial charge in [0.1, 0.15) is 28.7 Å². The lowest BCUT2D eigenvalue weighted by atomic mass is 10.1. The molecule has 1 aromatic carbocycles. The fraction of sp³-hybridized carbons (Fsp3) is 0.280.